The van der Waals surface area contributed by atoms with Gasteiger partial charge in [-0.3, -0.25) is 10.1 Å². The lowest BCUT2D eigenvalue weighted by Gasteiger charge is -2.09. The largest absolute Gasteiger partial charge is 0.454 e. The van der Waals surface area contributed by atoms with Crippen molar-refractivity contribution >= 4 is 28.9 Å². The van der Waals surface area contributed by atoms with Gasteiger partial charge < -0.3 is 4.74 Å². The third kappa shape index (κ3) is 2.96. The second-order valence-corrected chi connectivity index (χ2v) is 4.40. The summed E-state index contributed by atoms with van der Waals surface area (Å²) < 4.78 is 5.44. The van der Waals surface area contributed by atoms with Gasteiger partial charge >= 0.3 is 0 Å². The lowest BCUT2D eigenvalue weighted by molar-refractivity contribution is -0.384. The molecule has 1 heterocycles. The van der Waals surface area contributed by atoms with Gasteiger partial charge in [-0.2, -0.15) is 5.26 Å². The van der Waals surface area contributed by atoms with Gasteiger partial charge in [-0.15, -0.1) is 0 Å². The molecule has 0 aliphatic carbocycles. The van der Waals surface area contributed by atoms with Crippen molar-refractivity contribution in [2.45, 2.75) is 0 Å². The summed E-state index contributed by atoms with van der Waals surface area (Å²) in [6, 6.07) is 7.03. The number of nitrogens with zero attached hydrogens (tertiary/aromatic N) is 3. The number of benzene rings is 1. The molecular weight excluding hydrogens is 305 g/mol. The second kappa shape index (κ2) is 5.74. The topological polar surface area (TPSA) is 89.0 Å². The van der Waals surface area contributed by atoms with Crippen molar-refractivity contribution in [3.63, 3.8) is 0 Å². The number of nitriles is 1. The molecule has 2 aromatic rings. The summed E-state index contributed by atoms with van der Waals surface area (Å²) in [5.41, 5.74) is -0.0727. The molecule has 0 aliphatic rings. The number of non-ortho nitro benzene ring substituents is 1. The quantitative estimate of drug-likeness (QED) is 0.632. The number of nitro benzene ring substituents is 1. The molecule has 100 valence electrons. The van der Waals surface area contributed by atoms with Crippen molar-refractivity contribution in [1.29, 1.82) is 5.26 Å². The van der Waals surface area contributed by atoms with Gasteiger partial charge in [0.05, 0.1) is 15.0 Å². The molecule has 0 saturated carbocycles. The average Bonchev–Trinajstić information content (AvgIpc) is 2.42. The predicted molar refractivity (Wildman–Crippen MR) is 72.1 cm³/mol. The molecule has 0 spiro atoms. The highest BCUT2D eigenvalue weighted by Gasteiger charge is 2.16. The van der Waals surface area contributed by atoms with E-state index in [1.807, 2.05) is 6.07 Å². The molecule has 0 unspecified atom stereocenters. The number of hydrogen-bond donors (Lipinski definition) is 0. The third-order valence-electron chi connectivity index (χ3n) is 2.26. The van der Waals surface area contributed by atoms with Crippen molar-refractivity contribution in [2.75, 3.05) is 0 Å². The van der Waals surface area contributed by atoms with Gasteiger partial charge in [0.15, 0.2) is 5.75 Å². The Morgan fingerprint density at radius 3 is 2.50 bits per heavy atom. The second-order valence-electron chi connectivity index (χ2n) is 3.59. The fraction of sp³-hybridized carbons (Fsp3) is 0. The molecule has 6 nitrogen and oxygen atoms in total. The maximum Gasteiger partial charge on any atom is 0.272 e. The molecule has 0 fully saturated rings. The first-order valence-electron chi connectivity index (χ1n) is 5.18. The maximum absolute atomic E-state index is 10.7. The minimum atomic E-state index is -0.609. The minimum absolute atomic E-state index is 0.000445. The molecule has 0 bridgehead atoms. The molecule has 0 saturated heterocycles. The van der Waals surface area contributed by atoms with Crippen molar-refractivity contribution < 1.29 is 9.66 Å². The molecular formula is C12H5Cl2N3O3. The van der Waals surface area contributed by atoms with E-state index in [4.69, 9.17) is 33.2 Å². The normalized spacial score (nSPS) is 9.85. The Bertz CT molecular complexity index is 705. The zero-order valence-electron chi connectivity index (χ0n) is 9.71. The molecule has 8 heteroatoms. The van der Waals surface area contributed by atoms with Crippen LogP contribution in [-0.4, -0.2) is 9.91 Å². The van der Waals surface area contributed by atoms with E-state index in [1.54, 1.807) is 0 Å². The summed E-state index contributed by atoms with van der Waals surface area (Å²) in [7, 11) is 0. The Kier molecular flexibility index (Phi) is 4.03. The van der Waals surface area contributed by atoms with Crippen LogP contribution in [0.15, 0.2) is 30.5 Å². The Hall–Kier alpha value is -2.36. The zero-order valence-corrected chi connectivity index (χ0v) is 11.2. The van der Waals surface area contributed by atoms with E-state index in [9.17, 15) is 10.1 Å². The number of pyridine rings is 1. The van der Waals surface area contributed by atoms with Crippen LogP contribution >= 0.6 is 23.2 Å². The highest BCUT2D eigenvalue weighted by molar-refractivity contribution is 6.37. The molecule has 1 aromatic heterocycles. The summed E-state index contributed by atoms with van der Waals surface area (Å²) in [5.74, 6) is 0.378. The number of aromatic nitrogens is 1. The number of hydrogen-bond acceptors (Lipinski definition) is 5. The maximum atomic E-state index is 10.7. The van der Waals surface area contributed by atoms with E-state index in [0.29, 0.717) is 5.75 Å². The van der Waals surface area contributed by atoms with E-state index >= 15 is 0 Å². The molecule has 0 N–H and O–H groups in total. The van der Waals surface area contributed by atoms with E-state index in [0.717, 1.165) is 12.1 Å². The van der Waals surface area contributed by atoms with Crippen LogP contribution in [0.5, 0.6) is 11.5 Å². The van der Waals surface area contributed by atoms with Crippen LogP contribution in [0.25, 0.3) is 0 Å². The SMILES string of the molecule is N#Cc1cc(Oc2c(Cl)cc([N+](=O)[O-])cc2Cl)ccn1. The third-order valence-corrected chi connectivity index (χ3v) is 2.82. The van der Waals surface area contributed by atoms with Gasteiger partial charge in [-0.25, -0.2) is 4.98 Å². The van der Waals surface area contributed by atoms with Crippen LogP contribution < -0.4 is 4.74 Å². The van der Waals surface area contributed by atoms with Gasteiger partial charge in [0.1, 0.15) is 17.5 Å². The van der Waals surface area contributed by atoms with Crippen molar-refractivity contribution in [1.82, 2.24) is 4.98 Å². The predicted octanol–water partition coefficient (Wildman–Crippen LogP) is 3.96. The van der Waals surface area contributed by atoms with Crippen LogP contribution in [0.1, 0.15) is 5.69 Å². The number of ether oxygens (including phenoxy) is 1. The average molecular weight is 310 g/mol. The number of nitro groups is 1. The van der Waals surface area contributed by atoms with E-state index in [-0.39, 0.29) is 27.2 Å². The standard InChI is InChI=1S/C12H5Cl2N3O3/c13-10-4-8(17(18)19)5-11(14)12(10)20-9-1-2-16-7(3-9)6-15/h1-5H. The Labute approximate surface area is 123 Å². The van der Waals surface area contributed by atoms with Gasteiger partial charge in [0, 0.05) is 24.4 Å². The smallest absolute Gasteiger partial charge is 0.272 e. The molecule has 2 rings (SSSR count). The first-order valence-corrected chi connectivity index (χ1v) is 5.94. The number of halogens is 2. The molecule has 20 heavy (non-hydrogen) atoms. The van der Waals surface area contributed by atoms with Gasteiger partial charge in [-0.1, -0.05) is 23.2 Å². The lowest BCUT2D eigenvalue weighted by atomic mass is 10.3. The van der Waals surface area contributed by atoms with E-state index in [1.165, 1.54) is 18.3 Å². The fourth-order valence-corrected chi connectivity index (χ4v) is 1.96. The number of rotatable bonds is 3. The molecule has 0 radical (unpaired) electrons. The van der Waals surface area contributed by atoms with Crippen LogP contribution in [0.3, 0.4) is 0 Å². The first kappa shape index (κ1) is 14.1. The highest BCUT2D eigenvalue weighted by Crippen LogP contribution is 2.39. The lowest BCUT2D eigenvalue weighted by Crippen LogP contribution is -1.92. The van der Waals surface area contributed by atoms with E-state index < -0.39 is 4.92 Å². The molecule has 0 aliphatic heterocycles. The van der Waals surface area contributed by atoms with Gasteiger partial charge in [-0.05, 0) is 6.07 Å². The van der Waals surface area contributed by atoms with Gasteiger partial charge in [0.25, 0.3) is 5.69 Å². The molecule has 1 aromatic carbocycles. The Morgan fingerprint density at radius 1 is 1.30 bits per heavy atom. The first-order chi connectivity index (χ1) is 9.51. The summed E-state index contributed by atoms with van der Waals surface area (Å²) in [4.78, 5) is 13.8. The zero-order chi connectivity index (χ0) is 14.7. The van der Waals surface area contributed by atoms with Crippen molar-refractivity contribution in [2.24, 2.45) is 0 Å². The molecule has 0 amide bonds. The summed E-state index contributed by atoms with van der Waals surface area (Å²) >= 11 is 11.8. The minimum Gasteiger partial charge on any atom is -0.454 e. The monoisotopic (exact) mass is 309 g/mol. The van der Waals surface area contributed by atoms with Crippen LogP contribution in [0.2, 0.25) is 10.0 Å². The van der Waals surface area contributed by atoms with Crippen molar-refractivity contribution in [3.8, 4) is 17.6 Å². The molecule has 0 atom stereocenters. The Balaban J connectivity index is 2.39. The summed E-state index contributed by atoms with van der Waals surface area (Å²) in [6.45, 7) is 0. The van der Waals surface area contributed by atoms with E-state index in [2.05, 4.69) is 4.98 Å². The van der Waals surface area contributed by atoms with Gasteiger partial charge in [0.2, 0.25) is 0 Å². The fourth-order valence-electron chi connectivity index (χ4n) is 1.40. The summed E-state index contributed by atoms with van der Waals surface area (Å²) in [5, 5.41) is 19.4. The van der Waals surface area contributed by atoms with Crippen LogP contribution in [-0.2, 0) is 0 Å². The van der Waals surface area contributed by atoms with Crippen LogP contribution in [0.4, 0.5) is 5.69 Å². The van der Waals surface area contributed by atoms with Crippen molar-refractivity contribution in [3.05, 3.63) is 56.3 Å². The summed E-state index contributed by atoms with van der Waals surface area (Å²) in [6.07, 6.45) is 1.39. The highest BCUT2D eigenvalue weighted by atomic mass is 35.5. The van der Waals surface area contributed by atoms with Crippen LogP contribution in [0, 0.1) is 21.4 Å². The Morgan fingerprint density at radius 2 is 1.95 bits per heavy atom.